The van der Waals surface area contributed by atoms with Crippen molar-refractivity contribution >= 4 is 17.6 Å². The second-order valence-electron chi connectivity index (χ2n) is 3.58. The minimum atomic E-state index is 0.720. The fraction of sp³-hybridized carbons (Fsp3) is 0.250. The molecule has 16 heavy (non-hydrogen) atoms. The van der Waals surface area contributed by atoms with E-state index in [1.807, 2.05) is 18.3 Å². The third kappa shape index (κ3) is 2.07. The number of nitrogens with zero attached hydrogens (tertiary/aromatic N) is 2. The van der Waals surface area contributed by atoms with Gasteiger partial charge in [-0.2, -0.15) is 5.10 Å². The lowest BCUT2D eigenvalue weighted by Crippen LogP contribution is -2.02. The van der Waals surface area contributed by atoms with Gasteiger partial charge in [-0.1, -0.05) is 19.1 Å². The Bertz CT molecular complexity index is 491. The fourth-order valence-electron chi connectivity index (χ4n) is 1.58. The summed E-state index contributed by atoms with van der Waals surface area (Å²) >= 11 is 1.71. The zero-order valence-corrected chi connectivity index (χ0v) is 10.3. The van der Waals surface area contributed by atoms with Crippen LogP contribution in [0.3, 0.4) is 0 Å². The highest BCUT2D eigenvalue weighted by atomic mass is 32.2. The first-order valence-electron chi connectivity index (χ1n) is 5.25. The quantitative estimate of drug-likeness (QED) is 0.829. The van der Waals surface area contributed by atoms with Gasteiger partial charge >= 0.3 is 0 Å². The Morgan fingerprint density at radius 1 is 1.44 bits per heavy atom. The fourth-order valence-corrected chi connectivity index (χ4v) is 2.24. The molecule has 0 aliphatic carbocycles. The minimum absolute atomic E-state index is 0.720. The maximum atomic E-state index is 6.05. The van der Waals surface area contributed by atoms with Crippen LogP contribution < -0.4 is 5.73 Å². The van der Waals surface area contributed by atoms with E-state index >= 15 is 0 Å². The molecule has 0 spiro atoms. The van der Waals surface area contributed by atoms with E-state index in [-0.39, 0.29) is 0 Å². The second kappa shape index (κ2) is 4.61. The summed E-state index contributed by atoms with van der Waals surface area (Å²) in [6, 6.07) is 8.16. The van der Waals surface area contributed by atoms with Crippen molar-refractivity contribution in [3.05, 3.63) is 36.0 Å². The Morgan fingerprint density at radius 2 is 2.25 bits per heavy atom. The third-order valence-corrected chi connectivity index (χ3v) is 3.23. The molecule has 0 aliphatic rings. The van der Waals surface area contributed by atoms with Gasteiger partial charge in [-0.15, -0.1) is 11.8 Å². The van der Waals surface area contributed by atoms with Gasteiger partial charge in [-0.3, -0.25) is 0 Å². The molecule has 4 heteroatoms. The first-order valence-corrected chi connectivity index (χ1v) is 6.24. The Morgan fingerprint density at radius 3 is 2.94 bits per heavy atom. The molecule has 84 valence electrons. The topological polar surface area (TPSA) is 43.8 Å². The van der Waals surface area contributed by atoms with Gasteiger partial charge in [0.15, 0.2) is 0 Å². The molecule has 0 aliphatic heterocycles. The van der Waals surface area contributed by atoms with Crippen molar-refractivity contribution < 1.29 is 0 Å². The number of hydrogen-bond acceptors (Lipinski definition) is 3. The molecule has 3 nitrogen and oxygen atoms in total. The average molecular weight is 233 g/mol. The van der Waals surface area contributed by atoms with Crippen LogP contribution in [-0.4, -0.2) is 15.5 Å². The number of nitrogens with two attached hydrogens (primary N) is 1. The van der Waals surface area contributed by atoms with E-state index < -0.39 is 0 Å². The number of aryl methyl sites for hydroxylation is 1. The molecule has 0 fully saturated rings. The first-order chi connectivity index (χ1) is 7.72. The highest BCUT2D eigenvalue weighted by molar-refractivity contribution is 7.99. The Kier molecular flexibility index (Phi) is 3.19. The number of anilines is 1. The summed E-state index contributed by atoms with van der Waals surface area (Å²) in [7, 11) is 0. The molecule has 1 heterocycles. The number of benzene rings is 1. The first kappa shape index (κ1) is 11.1. The van der Waals surface area contributed by atoms with Crippen molar-refractivity contribution in [3.8, 4) is 5.69 Å². The lowest BCUT2D eigenvalue weighted by Gasteiger charge is -2.05. The maximum Gasteiger partial charge on any atom is 0.140 e. The molecule has 1 aromatic carbocycles. The van der Waals surface area contributed by atoms with Gasteiger partial charge in [-0.05, 0) is 30.4 Å². The number of hydrogen-bond donors (Lipinski definition) is 1. The van der Waals surface area contributed by atoms with E-state index in [1.165, 1.54) is 5.56 Å². The number of aromatic nitrogens is 2. The van der Waals surface area contributed by atoms with E-state index in [4.69, 9.17) is 5.73 Å². The van der Waals surface area contributed by atoms with Crippen molar-refractivity contribution in [2.75, 3.05) is 11.5 Å². The summed E-state index contributed by atoms with van der Waals surface area (Å²) in [4.78, 5) is 1.05. The molecular formula is C12H15N3S. The lowest BCUT2D eigenvalue weighted by atomic mass is 10.2. The van der Waals surface area contributed by atoms with Crippen LogP contribution in [0.5, 0.6) is 0 Å². The summed E-state index contributed by atoms with van der Waals surface area (Å²) in [5.74, 6) is 1.72. The monoisotopic (exact) mass is 233 g/mol. The highest BCUT2D eigenvalue weighted by Gasteiger charge is 2.08. The molecule has 2 N–H and O–H groups in total. The Labute approximate surface area is 99.7 Å². The van der Waals surface area contributed by atoms with E-state index in [1.54, 1.807) is 16.4 Å². The second-order valence-corrected chi connectivity index (χ2v) is 4.88. The Hall–Kier alpha value is -1.42. The minimum Gasteiger partial charge on any atom is -0.383 e. The zero-order chi connectivity index (χ0) is 11.5. The van der Waals surface area contributed by atoms with Gasteiger partial charge in [0.2, 0.25) is 0 Å². The number of rotatable bonds is 3. The molecule has 0 amide bonds. The molecule has 0 atom stereocenters. The van der Waals surface area contributed by atoms with Crippen molar-refractivity contribution in [2.24, 2.45) is 0 Å². The summed E-state index contributed by atoms with van der Waals surface area (Å²) in [6.45, 7) is 4.17. The van der Waals surface area contributed by atoms with Gasteiger partial charge < -0.3 is 5.73 Å². The zero-order valence-electron chi connectivity index (χ0n) is 9.47. The third-order valence-electron chi connectivity index (χ3n) is 2.32. The molecular weight excluding hydrogens is 218 g/mol. The molecule has 2 aromatic rings. The van der Waals surface area contributed by atoms with Gasteiger partial charge in [0.25, 0.3) is 0 Å². The molecule has 1 aromatic heterocycles. The van der Waals surface area contributed by atoms with Crippen LogP contribution in [0.2, 0.25) is 0 Å². The largest absolute Gasteiger partial charge is 0.383 e. The van der Waals surface area contributed by atoms with E-state index in [0.29, 0.717) is 0 Å². The maximum absolute atomic E-state index is 6.05. The van der Waals surface area contributed by atoms with Gasteiger partial charge in [0, 0.05) is 0 Å². The molecule has 0 saturated carbocycles. The predicted molar refractivity (Wildman–Crippen MR) is 69.1 cm³/mol. The summed E-state index contributed by atoms with van der Waals surface area (Å²) in [5.41, 5.74) is 8.27. The van der Waals surface area contributed by atoms with Crippen LogP contribution in [0.1, 0.15) is 12.5 Å². The smallest absolute Gasteiger partial charge is 0.140 e. The molecule has 0 radical (unpaired) electrons. The van der Waals surface area contributed by atoms with Gasteiger partial charge in [0.05, 0.1) is 16.8 Å². The van der Waals surface area contributed by atoms with Crippen molar-refractivity contribution in [1.82, 2.24) is 9.78 Å². The van der Waals surface area contributed by atoms with Crippen molar-refractivity contribution in [1.29, 1.82) is 0 Å². The molecule has 0 bridgehead atoms. The number of nitrogen functional groups attached to an aromatic ring is 1. The van der Waals surface area contributed by atoms with Crippen LogP contribution in [0.4, 0.5) is 5.82 Å². The highest BCUT2D eigenvalue weighted by Crippen LogP contribution is 2.26. The summed E-state index contributed by atoms with van der Waals surface area (Å²) in [6.07, 6.45) is 1.83. The lowest BCUT2D eigenvalue weighted by molar-refractivity contribution is 0.889. The van der Waals surface area contributed by atoms with Crippen LogP contribution in [0.25, 0.3) is 5.69 Å². The van der Waals surface area contributed by atoms with E-state index in [9.17, 15) is 0 Å². The van der Waals surface area contributed by atoms with Gasteiger partial charge in [-0.25, -0.2) is 4.68 Å². The predicted octanol–water partition coefficient (Wildman–Crippen LogP) is 2.87. The molecule has 2 rings (SSSR count). The van der Waals surface area contributed by atoms with Crippen molar-refractivity contribution in [2.45, 2.75) is 18.7 Å². The van der Waals surface area contributed by atoms with Crippen LogP contribution in [0, 0.1) is 6.92 Å². The van der Waals surface area contributed by atoms with Gasteiger partial charge in [0.1, 0.15) is 5.82 Å². The number of thioether (sulfide) groups is 1. The SMILES string of the molecule is CCSc1cnn(-c2cccc(C)c2)c1N. The standard InChI is InChI=1S/C12H15N3S/c1-3-16-11-8-14-15(12(11)13)10-6-4-5-9(2)7-10/h4-8H,3,13H2,1-2H3. The van der Waals surface area contributed by atoms with Crippen LogP contribution >= 0.6 is 11.8 Å². The van der Waals surface area contributed by atoms with Crippen LogP contribution in [0.15, 0.2) is 35.4 Å². The van der Waals surface area contributed by atoms with E-state index in [0.717, 1.165) is 22.2 Å². The molecule has 0 unspecified atom stereocenters. The molecule has 0 saturated heterocycles. The average Bonchev–Trinajstić information content (AvgIpc) is 2.61. The van der Waals surface area contributed by atoms with E-state index in [2.05, 4.69) is 31.1 Å². The Balaban J connectivity index is 2.41. The summed E-state index contributed by atoms with van der Waals surface area (Å²) in [5, 5.41) is 4.32. The van der Waals surface area contributed by atoms with Crippen molar-refractivity contribution in [3.63, 3.8) is 0 Å². The summed E-state index contributed by atoms with van der Waals surface area (Å²) < 4.78 is 1.78. The normalized spacial score (nSPS) is 10.6. The van der Waals surface area contributed by atoms with Crippen LogP contribution in [-0.2, 0) is 0 Å².